The molecule has 0 radical (unpaired) electrons. The molecule has 4 rings (SSSR count). The molecule has 1 aliphatic heterocycles. The molecular formula is C29H26ClNO6. The molecule has 0 aliphatic carbocycles. The van der Waals surface area contributed by atoms with Gasteiger partial charge in [-0.05, 0) is 60.9 Å². The number of aliphatic hydroxyl groups excluding tert-OH is 1. The van der Waals surface area contributed by atoms with E-state index in [2.05, 4.69) is 0 Å². The van der Waals surface area contributed by atoms with Crippen LogP contribution in [0.5, 0.6) is 5.75 Å². The SMILES string of the molecule is CCCOC(=O)c1ccc(N2C(=O)C(=O)/C(=C(/O)c3cc(C)cc(Cl)c3OC)C2c2ccccc2)cc1. The molecule has 8 heteroatoms. The number of methoxy groups -OCH3 is 1. The van der Waals surface area contributed by atoms with Gasteiger partial charge in [-0.25, -0.2) is 4.79 Å². The summed E-state index contributed by atoms with van der Waals surface area (Å²) in [5.41, 5.74) is 2.18. The fourth-order valence-corrected chi connectivity index (χ4v) is 4.69. The predicted molar refractivity (Wildman–Crippen MR) is 141 cm³/mol. The maximum absolute atomic E-state index is 13.4. The number of amides is 1. The Balaban J connectivity index is 1.87. The number of carbonyl (C=O) groups is 3. The van der Waals surface area contributed by atoms with Gasteiger partial charge in [-0.2, -0.15) is 0 Å². The first kappa shape index (κ1) is 26.0. The van der Waals surface area contributed by atoms with Crippen LogP contribution in [0.4, 0.5) is 5.69 Å². The monoisotopic (exact) mass is 519 g/mol. The summed E-state index contributed by atoms with van der Waals surface area (Å²) in [5.74, 6) is -2.33. The van der Waals surface area contributed by atoms with Crippen molar-refractivity contribution < 1.29 is 29.0 Å². The van der Waals surface area contributed by atoms with E-state index in [0.717, 1.165) is 5.56 Å². The number of Topliss-reactive ketones (excluding diaryl/α,β-unsaturated/α-hetero) is 1. The summed E-state index contributed by atoms with van der Waals surface area (Å²) in [6.45, 7) is 4.00. The van der Waals surface area contributed by atoms with Crippen LogP contribution in [0.3, 0.4) is 0 Å². The molecular weight excluding hydrogens is 494 g/mol. The maximum Gasteiger partial charge on any atom is 0.338 e. The Bertz CT molecular complexity index is 1380. The highest BCUT2D eigenvalue weighted by atomic mass is 35.5. The lowest BCUT2D eigenvalue weighted by Gasteiger charge is -2.25. The number of benzene rings is 3. The average molecular weight is 520 g/mol. The largest absolute Gasteiger partial charge is 0.507 e. The molecule has 1 saturated heterocycles. The first-order chi connectivity index (χ1) is 17.8. The van der Waals surface area contributed by atoms with Crippen LogP contribution in [0, 0.1) is 6.92 Å². The number of nitrogens with zero attached hydrogens (tertiary/aromatic N) is 1. The van der Waals surface area contributed by atoms with Gasteiger partial charge in [0.15, 0.2) is 0 Å². The molecule has 3 aromatic carbocycles. The molecule has 1 atom stereocenters. The number of carbonyl (C=O) groups excluding carboxylic acids is 3. The minimum atomic E-state index is -0.928. The van der Waals surface area contributed by atoms with E-state index in [1.54, 1.807) is 55.5 Å². The molecule has 7 nitrogen and oxygen atoms in total. The van der Waals surface area contributed by atoms with E-state index >= 15 is 0 Å². The van der Waals surface area contributed by atoms with Crippen molar-refractivity contribution in [1.82, 2.24) is 0 Å². The fourth-order valence-electron chi connectivity index (χ4n) is 4.34. The maximum atomic E-state index is 13.4. The Morgan fingerprint density at radius 2 is 1.73 bits per heavy atom. The van der Waals surface area contributed by atoms with Crippen molar-refractivity contribution in [3.05, 3.63) is 99.6 Å². The summed E-state index contributed by atoms with van der Waals surface area (Å²) >= 11 is 6.34. The summed E-state index contributed by atoms with van der Waals surface area (Å²) in [5, 5.41) is 11.7. The number of hydrogen-bond acceptors (Lipinski definition) is 6. The summed E-state index contributed by atoms with van der Waals surface area (Å²) in [4.78, 5) is 40.3. The molecule has 1 fully saturated rings. The number of esters is 1. The fraction of sp³-hybridized carbons (Fsp3) is 0.207. The molecule has 0 spiro atoms. The normalized spacial score (nSPS) is 16.6. The Hall–Kier alpha value is -4.10. The van der Waals surface area contributed by atoms with Crippen LogP contribution in [0.1, 0.15) is 46.4 Å². The number of hydrogen-bond donors (Lipinski definition) is 1. The van der Waals surface area contributed by atoms with Gasteiger partial charge in [-0.1, -0.05) is 48.9 Å². The van der Waals surface area contributed by atoms with Crippen molar-refractivity contribution in [2.24, 2.45) is 0 Å². The van der Waals surface area contributed by atoms with E-state index in [9.17, 15) is 19.5 Å². The molecule has 37 heavy (non-hydrogen) atoms. The van der Waals surface area contributed by atoms with E-state index in [0.29, 0.717) is 29.8 Å². The molecule has 0 bridgehead atoms. The number of ether oxygens (including phenoxy) is 2. The van der Waals surface area contributed by atoms with Gasteiger partial charge in [0.1, 0.15) is 11.5 Å². The average Bonchev–Trinajstić information content (AvgIpc) is 3.17. The van der Waals surface area contributed by atoms with E-state index in [-0.39, 0.29) is 21.9 Å². The lowest BCUT2D eigenvalue weighted by atomic mass is 9.94. The molecule has 1 heterocycles. The van der Waals surface area contributed by atoms with Crippen LogP contribution < -0.4 is 9.64 Å². The molecule has 3 aromatic rings. The van der Waals surface area contributed by atoms with Crippen LogP contribution >= 0.6 is 11.6 Å². The third-order valence-corrected chi connectivity index (χ3v) is 6.31. The van der Waals surface area contributed by atoms with Crippen molar-refractivity contribution in [2.45, 2.75) is 26.3 Å². The van der Waals surface area contributed by atoms with Gasteiger partial charge in [-0.3, -0.25) is 14.5 Å². The summed E-state index contributed by atoms with van der Waals surface area (Å²) in [7, 11) is 1.41. The van der Waals surface area contributed by atoms with Crippen molar-refractivity contribution >= 4 is 40.7 Å². The Morgan fingerprint density at radius 3 is 2.35 bits per heavy atom. The highest BCUT2D eigenvalue weighted by Gasteiger charge is 2.47. The number of anilines is 1. The van der Waals surface area contributed by atoms with Gasteiger partial charge in [0.25, 0.3) is 11.7 Å². The second-order valence-electron chi connectivity index (χ2n) is 8.59. The highest BCUT2D eigenvalue weighted by molar-refractivity contribution is 6.51. The van der Waals surface area contributed by atoms with Gasteiger partial charge in [-0.15, -0.1) is 0 Å². The predicted octanol–water partition coefficient (Wildman–Crippen LogP) is 5.85. The number of ketones is 1. The number of aliphatic hydroxyl groups is 1. The van der Waals surface area contributed by atoms with E-state index in [4.69, 9.17) is 21.1 Å². The minimum Gasteiger partial charge on any atom is -0.507 e. The van der Waals surface area contributed by atoms with Crippen LogP contribution in [-0.2, 0) is 14.3 Å². The van der Waals surface area contributed by atoms with Crippen molar-refractivity contribution in [2.75, 3.05) is 18.6 Å². The first-order valence-corrected chi connectivity index (χ1v) is 12.1. The molecule has 1 N–H and O–H groups in total. The van der Waals surface area contributed by atoms with Gasteiger partial charge in [0.2, 0.25) is 0 Å². The van der Waals surface area contributed by atoms with Gasteiger partial charge < -0.3 is 14.6 Å². The van der Waals surface area contributed by atoms with E-state index in [1.165, 1.54) is 24.1 Å². The zero-order chi connectivity index (χ0) is 26.7. The second kappa shape index (κ2) is 10.9. The lowest BCUT2D eigenvalue weighted by Crippen LogP contribution is -2.29. The van der Waals surface area contributed by atoms with Crippen LogP contribution in [0.25, 0.3) is 5.76 Å². The van der Waals surface area contributed by atoms with Gasteiger partial charge in [0, 0.05) is 5.69 Å². The number of halogens is 1. The lowest BCUT2D eigenvalue weighted by molar-refractivity contribution is -0.132. The highest BCUT2D eigenvalue weighted by Crippen LogP contribution is 2.44. The topological polar surface area (TPSA) is 93.1 Å². The third-order valence-electron chi connectivity index (χ3n) is 6.03. The Kier molecular flexibility index (Phi) is 7.64. The Morgan fingerprint density at radius 1 is 1.05 bits per heavy atom. The summed E-state index contributed by atoms with van der Waals surface area (Å²) in [6, 6.07) is 17.6. The quantitative estimate of drug-likeness (QED) is 0.182. The second-order valence-corrected chi connectivity index (χ2v) is 9.00. The minimum absolute atomic E-state index is 0.0948. The standard InChI is InChI=1S/C29H26ClNO6/c1-4-14-37-29(35)19-10-12-20(13-11-19)31-24(18-8-6-5-7-9-18)23(26(33)28(31)34)25(32)21-15-17(2)16-22(30)27(21)36-3/h5-13,15-16,24,32H,4,14H2,1-3H3/b25-23+. The van der Waals surface area contributed by atoms with Crippen LogP contribution in [0.15, 0.2) is 72.3 Å². The third kappa shape index (κ3) is 4.95. The zero-order valence-electron chi connectivity index (χ0n) is 20.7. The Labute approximate surface area is 219 Å². The molecule has 1 aliphatic rings. The number of rotatable bonds is 7. The van der Waals surface area contributed by atoms with Gasteiger partial charge in [0.05, 0.1) is 41.5 Å². The first-order valence-electron chi connectivity index (χ1n) is 11.8. The molecule has 0 saturated carbocycles. The van der Waals surface area contributed by atoms with Crippen LogP contribution in [0.2, 0.25) is 5.02 Å². The molecule has 0 aromatic heterocycles. The van der Waals surface area contributed by atoms with E-state index < -0.39 is 29.5 Å². The van der Waals surface area contributed by atoms with Crippen molar-refractivity contribution in [3.63, 3.8) is 0 Å². The molecule has 1 amide bonds. The number of aryl methyl sites for hydroxylation is 1. The van der Waals surface area contributed by atoms with E-state index in [1.807, 2.05) is 13.0 Å². The molecule has 190 valence electrons. The van der Waals surface area contributed by atoms with Gasteiger partial charge >= 0.3 is 5.97 Å². The van der Waals surface area contributed by atoms with Crippen molar-refractivity contribution in [1.29, 1.82) is 0 Å². The van der Waals surface area contributed by atoms with Crippen molar-refractivity contribution in [3.8, 4) is 5.75 Å². The zero-order valence-corrected chi connectivity index (χ0v) is 21.4. The smallest absolute Gasteiger partial charge is 0.338 e. The summed E-state index contributed by atoms with van der Waals surface area (Å²) in [6.07, 6.45) is 0.697. The molecule has 1 unspecified atom stereocenters. The van der Waals surface area contributed by atoms with Crippen LogP contribution in [-0.4, -0.2) is 36.5 Å². The summed E-state index contributed by atoms with van der Waals surface area (Å²) < 4.78 is 10.6.